The molecule has 1 unspecified atom stereocenters. The maximum absolute atomic E-state index is 13.2. The molecule has 2 aromatic carbocycles. The van der Waals surface area contributed by atoms with E-state index in [-0.39, 0.29) is 9.77 Å². The van der Waals surface area contributed by atoms with Crippen molar-refractivity contribution in [3.05, 3.63) is 86.5 Å². The van der Waals surface area contributed by atoms with Gasteiger partial charge in [0.15, 0.2) is 0 Å². The highest BCUT2D eigenvalue weighted by atomic mass is 79.9. The van der Waals surface area contributed by atoms with Gasteiger partial charge in [-0.05, 0) is 28.6 Å². The fourth-order valence-corrected chi connectivity index (χ4v) is 5.76. The molecule has 4 nitrogen and oxygen atoms in total. The number of rotatable bonds is 5. The van der Waals surface area contributed by atoms with E-state index in [0.717, 1.165) is 26.9 Å². The smallest absolute Gasteiger partial charge is 0.207 e. The summed E-state index contributed by atoms with van der Waals surface area (Å²) in [7, 11) is -2.30. The number of thiophene rings is 1. The summed E-state index contributed by atoms with van der Waals surface area (Å²) in [4.78, 5) is 0.233. The zero-order valence-electron chi connectivity index (χ0n) is 13.8. The molecule has 7 heteroatoms. The van der Waals surface area contributed by atoms with Crippen LogP contribution < -0.4 is 0 Å². The van der Waals surface area contributed by atoms with Crippen LogP contribution in [0.3, 0.4) is 0 Å². The van der Waals surface area contributed by atoms with E-state index in [0.29, 0.717) is 0 Å². The number of sulfonamides is 1. The van der Waals surface area contributed by atoms with Crippen molar-refractivity contribution in [1.29, 1.82) is 5.26 Å². The summed E-state index contributed by atoms with van der Waals surface area (Å²) in [5, 5.41) is 10.9. The van der Waals surface area contributed by atoms with Gasteiger partial charge in [-0.15, -0.1) is 11.3 Å². The van der Waals surface area contributed by atoms with Gasteiger partial charge in [0.2, 0.25) is 10.0 Å². The summed E-state index contributed by atoms with van der Waals surface area (Å²) >= 11 is 4.66. The zero-order chi connectivity index (χ0) is 18.7. The molecule has 0 aliphatic heterocycles. The van der Waals surface area contributed by atoms with E-state index in [2.05, 4.69) is 15.9 Å². The van der Waals surface area contributed by atoms with Gasteiger partial charge in [0.05, 0.1) is 6.04 Å². The van der Waals surface area contributed by atoms with Crippen molar-refractivity contribution in [3.8, 4) is 6.07 Å². The Morgan fingerprint density at radius 2 is 1.73 bits per heavy atom. The second kappa shape index (κ2) is 7.72. The molecule has 0 bridgehead atoms. The topological polar surface area (TPSA) is 61.2 Å². The summed E-state index contributed by atoms with van der Waals surface area (Å²) in [6.07, 6.45) is 0. The molecule has 0 aliphatic rings. The lowest BCUT2D eigenvalue weighted by Crippen LogP contribution is -2.32. The fourth-order valence-electron chi connectivity index (χ4n) is 2.79. The Bertz CT molecular complexity index is 1060. The molecule has 0 radical (unpaired) electrons. The molecule has 3 rings (SSSR count). The first kappa shape index (κ1) is 18.8. The van der Waals surface area contributed by atoms with Crippen molar-refractivity contribution in [1.82, 2.24) is 4.31 Å². The van der Waals surface area contributed by atoms with E-state index in [1.54, 1.807) is 12.4 Å². The summed E-state index contributed by atoms with van der Waals surface area (Å²) in [6, 6.07) is 19.9. The van der Waals surface area contributed by atoms with Crippen molar-refractivity contribution in [2.24, 2.45) is 0 Å². The maximum Gasteiger partial charge on any atom is 0.245 e. The number of nitrogens with zero attached hydrogens (tertiary/aromatic N) is 2. The van der Waals surface area contributed by atoms with Gasteiger partial charge in [0, 0.05) is 11.5 Å². The predicted molar refractivity (Wildman–Crippen MR) is 106 cm³/mol. The van der Waals surface area contributed by atoms with Gasteiger partial charge in [-0.3, -0.25) is 0 Å². The second-order valence-electron chi connectivity index (χ2n) is 5.58. The molecule has 1 aromatic heterocycles. The van der Waals surface area contributed by atoms with Crippen LogP contribution in [0.5, 0.6) is 0 Å². The first-order valence-electron chi connectivity index (χ1n) is 7.72. The molecule has 26 heavy (non-hydrogen) atoms. The first-order valence-corrected chi connectivity index (χ1v) is 10.8. The van der Waals surface area contributed by atoms with E-state index >= 15 is 0 Å². The van der Waals surface area contributed by atoms with Crippen LogP contribution >= 0.6 is 27.3 Å². The molecule has 1 atom stereocenters. The zero-order valence-corrected chi connectivity index (χ0v) is 17.1. The number of hydrogen-bond acceptors (Lipinski definition) is 4. The molecule has 0 saturated heterocycles. The molecule has 0 saturated carbocycles. The Balaban J connectivity index is 2.17. The molecule has 0 spiro atoms. The van der Waals surface area contributed by atoms with Crippen LogP contribution in [0.15, 0.2) is 75.4 Å². The van der Waals surface area contributed by atoms with Crippen molar-refractivity contribution in [3.63, 3.8) is 0 Å². The van der Waals surface area contributed by atoms with Crippen molar-refractivity contribution < 1.29 is 8.42 Å². The molecule has 0 aliphatic carbocycles. The summed E-state index contributed by atoms with van der Waals surface area (Å²) < 4.78 is 28.6. The van der Waals surface area contributed by atoms with Crippen molar-refractivity contribution in [2.75, 3.05) is 7.05 Å². The van der Waals surface area contributed by atoms with E-state index in [1.165, 1.54) is 10.4 Å². The van der Waals surface area contributed by atoms with Gasteiger partial charge in [-0.2, -0.15) is 9.57 Å². The standard InChI is InChI=1S/C19H15BrN2O2S2/c1-22(26(23,24)18-11-12-25-17(18)13-21)19(14-7-3-2-4-8-14)15-9-5-6-10-16(15)20/h2-12,19H,1H3. The van der Waals surface area contributed by atoms with Gasteiger partial charge in [0.25, 0.3) is 0 Å². The van der Waals surface area contributed by atoms with Crippen molar-refractivity contribution in [2.45, 2.75) is 10.9 Å². The highest BCUT2D eigenvalue weighted by molar-refractivity contribution is 9.10. The Morgan fingerprint density at radius 3 is 2.38 bits per heavy atom. The van der Waals surface area contributed by atoms with E-state index in [4.69, 9.17) is 0 Å². The van der Waals surface area contributed by atoms with Gasteiger partial charge < -0.3 is 0 Å². The molecule has 1 heterocycles. The van der Waals surface area contributed by atoms with Crippen LogP contribution in [-0.2, 0) is 10.0 Å². The van der Waals surface area contributed by atoms with Gasteiger partial charge in [-0.1, -0.05) is 64.5 Å². The fraction of sp³-hybridized carbons (Fsp3) is 0.105. The Labute approximate surface area is 165 Å². The van der Waals surface area contributed by atoms with Crippen LogP contribution in [0.4, 0.5) is 0 Å². The quantitative estimate of drug-likeness (QED) is 0.565. The summed E-state index contributed by atoms with van der Waals surface area (Å²) in [6.45, 7) is 0. The SMILES string of the molecule is CN(C(c1ccccc1)c1ccccc1Br)S(=O)(=O)c1ccsc1C#N. The first-order chi connectivity index (χ1) is 12.5. The van der Waals surface area contributed by atoms with E-state index in [9.17, 15) is 13.7 Å². The van der Waals surface area contributed by atoms with Crippen molar-refractivity contribution >= 4 is 37.3 Å². The van der Waals surface area contributed by atoms with Gasteiger partial charge in [0.1, 0.15) is 15.8 Å². The molecule has 132 valence electrons. The normalized spacial score (nSPS) is 12.7. The minimum atomic E-state index is -3.85. The Hall–Kier alpha value is -1.98. The average molecular weight is 447 g/mol. The van der Waals surface area contributed by atoms with Crippen LogP contribution in [0.25, 0.3) is 0 Å². The highest BCUT2D eigenvalue weighted by Gasteiger charge is 2.33. The minimum Gasteiger partial charge on any atom is -0.207 e. The number of halogens is 1. The van der Waals surface area contributed by atoms with Gasteiger partial charge in [-0.25, -0.2) is 8.42 Å². The lowest BCUT2D eigenvalue weighted by molar-refractivity contribution is 0.417. The molecular formula is C19H15BrN2O2S2. The van der Waals surface area contributed by atoms with E-state index < -0.39 is 16.1 Å². The molecule has 3 aromatic rings. The molecule has 0 N–H and O–H groups in total. The highest BCUT2D eigenvalue weighted by Crippen LogP contribution is 2.36. The molecule has 0 fully saturated rings. The maximum atomic E-state index is 13.2. The van der Waals surface area contributed by atoms with Gasteiger partial charge >= 0.3 is 0 Å². The number of nitriles is 1. The van der Waals surface area contributed by atoms with Crippen LogP contribution in [0, 0.1) is 11.3 Å². The summed E-state index contributed by atoms with van der Waals surface area (Å²) in [5.41, 5.74) is 1.68. The third-order valence-corrected chi connectivity index (χ3v) is 7.60. The third-order valence-electron chi connectivity index (χ3n) is 4.07. The Morgan fingerprint density at radius 1 is 1.08 bits per heavy atom. The largest absolute Gasteiger partial charge is 0.245 e. The average Bonchev–Trinajstić information content (AvgIpc) is 3.14. The third kappa shape index (κ3) is 3.46. The summed E-state index contributed by atoms with van der Waals surface area (Å²) in [5.74, 6) is 0. The number of hydrogen-bond donors (Lipinski definition) is 0. The van der Waals surface area contributed by atoms with Crippen LogP contribution in [0.1, 0.15) is 22.0 Å². The second-order valence-corrected chi connectivity index (χ2v) is 9.32. The molecular weight excluding hydrogens is 432 g/mol. The monoisotopic (exact) mass is 446 g/mol. The minimum absolute atomic E-state index is 0.0421. The Kier molecular flexibility index (Phi) is 5.58. The van der Waals surface area contributed by atoms with Crippen LogP contribution in [-0.4, -0.2) is 19.8 Å². The lowest BCUT2D eigenvalue weighted by atomic mass is 9.99. The van der Waals surface area contributed by atoms with E-state index in [1.807, 2.05) is 60.7 Å². The number of benzene rings is 2. The molecule has 0 amide bonds. The predicted octanol–water partition coefficient (Wildman–Crippen LogP) is 4.79. The lowest BCUT2D eigenvalue weighted by Gasteiger charge is -2.29. The van der Waals surface area contributed by atoms with Crippen LogP contribution in [0.2, 0.25) is 0 Å².